The molecule has 2 aromatic rings. The molecule has 0 atom stereocenters. The summed E-state index contributed by atoms with van der Waals surface area (Å²) in [6, 6.07) is 5.44. The van der Waals surface area contributed by atoms with Gasteiger partial charge in [0, 0.05) is 0 Å². The van der Waals surface area contributed by atoms with Crippen LogP contribution in [0, 0.1) is 5.82 Å². The number of nitrogens with one attached hydrogen (secondary N) is 2. The van der Waals surface area contributed by atoms with E-state index in [1.807, 2.05) is 0 Å². The van der Waals surface area contributed by atoms with Gasteiger partial charge in [0.05, 0.1) is 34.0 Å². The Labute approximate surface area is 149 Å². The molecule has 134 valence electrons. The molecule has 10 heteroatoms. The molecule has 0 aliphatic rings. The van der Waals surface area contributed by atoms with E-state index < -0.39 is 21.7 Å². The molecule has 0 aliphatic heterocycles. The van der Waals surface area contributed by atoms with Crippen molar-refractivity contribution < 1.29 is 17.6 Å². The Morgan fingerprint density at radius 1 is 1.32 bits per heavy atom. The number of carbonyl (C=O) groups is 1. The lowest BCUT2D eigenvalue weighted by molar-refractivity contribution is 0.0995. The summed E-state index contributed by atoms with van der Waals surface area (Å²) in [6.07, 6.45) is 1.68. The minimum absolute atomic E-state index is 0.0508. The first kappa shape index (κ1) is 18.9. The molecule has 7 nitrogen and oxygen atoms in total. The quantitative estimate of drug-likeness (QED) is 0.676. The van der Waals surface area contributed by atoms with Crippen molar-refractivity contribution in [2.75, 3.05) is 15.8 Å². The van der Waals surface area contributed by atoms with E-state index in [0.29, 0.717) is 12.1 Å². The highest BCUT2D eigenvalue weighted by atomic mass is 35.5. The van der Waals surface area contributed by atoms with Crippen LogP contribution in [0.15, 0.2) is 30.5 Å². The summed E-state index contributed by atoms with van der Waals surface area (Å²) in [5, 5.41) is 2.76. The van der Waals surface area contributed by atoms with Gasteiger partial charge in [-0.1, -0.05) is 18.5 Å². The lowest BCUT2D eigenvalue weighted by atomic mass is 10.2. The van der Waals surface area contributed by atoms with Crippen molar-refractivity contribution in [1.29, 1.82) is 0 Å². The highest BCUT2D eigenvalue weighted by Gasteiger charge is 2.17. The van der Waals surface area contributed by atoms with E-state index in [1.165, 1.54) is 30.5 Å². The summed E-state index contributed by atoms with van der Waals surface area (Å²) in [5.74, 6) is -1.68. The van der Waals surface area contributed by atoms with Gasteiger partial charge in [-0.2, -0.15) is 0 Å². The first-order valence-electron chi connectivity index (χ1n) is 7.25. The Morgan fingerprint density at radius 3 is 2.60 bits per heavy atom. The molecule has 1 heterocycles. The number of carbonyl (C=O) groups excluding carboxylic acids is 1. The van der Waals surface area contributed by atoms with Crippen molar-refractivity contribution in [1.82, 2.24) is 4.98 Å². The lowest BCUT2D eigenvalue weighted by Gasteiger charge is -2.14. The number of halogens is 2. The molecule has 1 amide bonds. The van der Waals surface area contributed by atoms with Crippen molar-refractivity contribution in [2.45, 2.75) is 13.3 Å². The van der Waals surface area contributed by atoms with Crippen LogP contribution in [0.4, 0.5) is 21.5 Å². The maximum atomic E-state index is 14.6. The summed E-state index contributed by atoms with van der Waals surface area (Å²) >= 11 is 5.99. The number of amides is 1. The van der Waals surface area contributed by atoms with Gasteiger partial charge in [0.15, 0.2) is 5.82 Å². The third-order valence-corrected chi connectivity index (χ3v) is 4.91. The van der Waals surface area contributed by atoms with Gasteiger partial charge in [0.1, 0.15) is 5.69 Å². The van der Waals surface area contributed by atoms with E-state index >= 15 is 0 Å². The maximum Gasteiger partial charge on any atom is 0.267 e. The van der Waals surface area contributed by atoms with E-state index in [9.17, 15) is 17.6 Å². The molecule has 0 aliphatic carbocycles. The van der Waals surface area contributed by atoms with Crippen LogP contribution in [0.3, 0.4) is 0 Å². The van der Waals surface area contributed by atoms with E-state index in [-0.39, 0.29) is 27.8 Å². The van der Waals surface area contributed by atoms with E-state index in [4.69, 9.17) is 17.3 Å². The highest BCUT2D eigenvalue weighted by Crippen LogP contribution is 2.33. The molecule has 0 saturated heterocycles. The third kappa shape index (κ3) is 4.80. The number of anilines is 3. The summed E-state index contributed by atoms with van der Waals surface area (Å²) < 4.78 is 40.5. The van der Waals surface area contributed by atoms with Gasteiger partial charge in [-0.25, -0.2) is 17.8 Å². The van der Waals surface area contributed by atoms with Crippen LogP contribution >= 0.6 is 11.6 Å². The molecular formula is C15H16ClFN4O3S. The maximum absolute atomic E-state index is 14.6. The Balaban J connectivity index is 2.31. The molecule has 25 heavy (non-hydrogen) atoms. The van der Waals surface area contributed by atoms with Gasteiger partial charge in [0.2, 0.25) is 10.0 Å². The summed E-state index contributed by atoms with van der Waals surface area (Å²) in [5.41, 5.74) is 5.16. The highest BCUT2D eigenvalue weighted by molar-refractivity contribution is 7.92. The zero-order valence-electron chi connectivity index (χ0n) is 13.2. The number of hydrogen-bond acceptors (Lipinski definition) is 5. The molecule has 0 unspecified atom stereocenters. The topological polar surface area (TPSA) is 114 Å². The second-order valence-electron chi connectivity index (χ2n) is 5.13. The van der Waals surface area contributed by atoms with Crippen LogP contribution in [0.25, 0.3) is 0 Å². The lowest BCUT2D eigenvalue weighted by Crippen LogP contribution is -2.17. The molecule has 0 bridgehead atoms. The van der Waals surface area contributed by atoms with Crippen LogP contribution in [0.5, 0.6) is 0 Å². The fourth-order valence-electron chi connectivity index (χ4n) is 1.99. The van der Waals surface area contributed by atoms with Crippen LogP contribution in [-0.2, 0) is 10.0 Å². The monoisotopic (exact) mass is 386 g/mol. The summed E-state index contributed by atoms with van der Waals surface area (Å²) in [7, 11) is -3.65. The minimum Gasteiger partial charge on any atom is -0.364 e. The zero-order chi connectivity index (χ0) is 18.6. The molecule has 0 spiro atoms. The SMILES string of the molecule is CCCS(=O)(=O)Nc1ccc(Cl)c(Nc2ccc(C(N)=O)nc2)c1F. The number of sulfonamides is 1. The Bertz CT molecular complexity index is 888. The molecule has 2 rings (SSSR count). The van der Waals surface area contributed by atoms with E-state index in [1.54, 1.807) is 6.92 Å². The summed E-state index contributed by atoms with van der Waals surface area (Å²) in [4.78, 5) is 14.8. The molecule has 0 radical (unpaired) electrons. The number of hydrogen-bond donors (Lipinski definition) is 3. The standard InChI is InChI=1S/C15H16ClFN4O3S/c1-2-7-25(23,24)21-11-6-4-10(16)14(13(11)17)20-9-3-5-12(15(18)22)19-8-9/h3-6,8,20-21H,2,7H2,1H3,(H2,18,22). The van der Waals surface area contributed by atoms with Crippen molar-refractivity contribution in [3.8, 4) is 0 Å². The first-order valence-corrected chi connectivity index (χ1v) is 9.28. The third-order valence-electron chi connectivity index (χ3n) is 3.11. The largest absolute Gasteiger partial charge is 0.364 e. The Morgan fingerprint density at radius 2 is 2.04 bits per heavy atom. The average molecular weight is 387 g/mol. The van der Waals surface area contributed by atoms with Crippen molar-refractivity contribution in [3.63, 3.8) is 0 Å². The number of nitrogens with two attached hydrogens (primary N) is 1. The smallest absolute Gasteiger partial charge is 0.267 e. The fraction of sp³-hybridized carbons (Fsp3) is 0.200. The number of benzene rings is 1. The molecular weight excluding hydrogens is 371 g/mol. The van der Waals surface area contributed by atoms with Crippen LogP contribution < -0.4 is 15.8 Å². The van der Waals surface area contributed by atoms with Crippen LogP contribution in [-0.4, -0.2) is 25.1 Å². The molecule has 4 N–H and O–H groups in total. The van der Waals surface area contributed by atoms with Crippen molar-refractivity contribution in [2.24, 2.45) is 5.73 Å². The molecule has 0 saturated carbocycles. The predicted molar refractivity (Wildman–Crippen MR) is 95.1 cm³/mol. The summed E-state index contributed by atoms with van der Waals surface area (Å²) in [6.45, 7) is 1.70. The second kappa shape index (κ2) is 7.66. The number of pyridine rings is 1. The Hall–Kier alpha value is -2.39. The first-order chi connectivity index (χ1) is 11.7. The number of primary amides is 1. The predicted octanol–water partition coefficient (Wildman–Crippen LogP) is 2.87. The van der Waals surface area contributed by atoms with Gasteiger partial charge in [-0.05, 0) is 30.7 Å². The van der Waals surface area contributed by atoms with Gasteiger partial charge in [0.25, 0.3) is 5.91 Å². The molecule has 1 aromatic carbocycles. The second-order valence-corrected chi connectivity index (χ2v) is 7.38. The number of nitrogens with zero attached hydrogens (tertiary/aromatic N) is 1. The minimum atomic E-state index is -3.65. The molecule has 0 fully saturated rings. The van der Waals surface area contributed by atoms with Crippen LogP contribution in [0.1, 0.15) is 23.8 Å². The van der Waals surface area contributed by atoms with E-state index in [0.717, 1.165) is 0 Å². The fourth-order valence-corrected chi connectivity index (χ4v) is 3.32. The Kier molecular flexibility index (Phi) is 5.81. The normalized spacial score (nSPS) is 11.2. The number of rotatable bonds is 7. The zero-order valence-corrected chi connectivity index (χ0v) is 14.8. The molecule has 1 aromatic heterocycles. The number of aromatic nitrogens is 1. The average Bonchev–Trinajstić information content (AvgIpc) is 2.54. The van der Waals surface area contributed by atoms with Gasteiger partial charge in [-0.3, -0.25) is 9.52 Å². The van der Waals surface area contributed by atoms with Crippen molar-refractivity contribution >= 4 is 44.6 Å². The van der Waals surface area contributed by atoms with Gasteiger partial charge in [-0.15, -0.1) is 0 Å². The van der Waals surface area contributed by atoms with Gasteiger partial charge >= 0.3 is 0 Å². The van der Waals surface area contributed by atoms with Crippen molar-refractivity contribution in [3.05, 3.63) is 47.0 Å². The van der Waals surface area contributed by atoms with Crippen LogP contribution in [0.2, 0.25) is 5.02 Å². The van der Waals surface area contributed by atoms with Gasteiger partial charge < -0.3 is 11.1 Å². The van der Waals surface area contributed by atoms with E-state index in [2.05, 4.69) is 15.0 Å².